The van der Waals surface area contributed by atoms with E-state index >= 15 is 0 Å². The summed E-state index contributed by atoms with van der Waals surface area (Å²) in [4.78, 5) is 35.8. The molecule has 0 aliphatic heterocycles. The molecule has 3 N–H and O–H groups in total. The van der Waals surface area contributed by atoms with Crippen molar-refractivity contribution in [2.45, 2.75) is 51.0 Å². The molecule has 6 nitrogen and oxygen atoms in total. The number of carboxylic acids is 1. The van der Waals surface area contributed by atoms with Gasteiger partial charge in [-0.25, -0.2) is 0 Å². The number of carboxylic acid groups (broad SMARTS) is 1. The largest absolute Gasteiger partial charge is 0.481 e. The van der Waals surface area contributed by atoms with Gasteiger partial charge < -0.3 is 15.7 Å². The van der Waals surface area contributed by atoms with Gasteiger partial charge >= 0.3 is 5.97 Å². The molecule has 0 radical (unpaired) electrons. The van der Waals surface area contributed by atoms with Gasteiger partial charge in [-0.3, -0.25) is 14.4 Å². The van der Waals surface area contributed by atoms with E-state index in [0.717, 1.165) is 25.7 Å². The van der Waals surface area contributed by atoms with E-state index in [1.54, 1.807) is 12.1 Å². The molecule has 1 aromatic carbocycles. The molecule has 2 saturated carbocycles. The van der Waals surface area contributed by atoms with Crippen molar-refractivity contribution in [1.29, 1.82) is 0 Å². The van der Waals surface area contributed by atoms with Gasteiger partial charge in [0.2, 0.25) is 5.91 Å². The van der Waals surface area contributed by atoms with E-state index in [2.05, 4.69) is 10.6 Å². The van der Waals surface area contributed by atoms with Crippen molar-refractivity contribution in [3.63, 3.8) is 0 Å². The molecule has 0 atom stereocenters. The maximum Gasteiger partial charge on any atom is 0.310 e. The van der Waals surface area contributed by atoms with Crippen molar-refractivity contribution < 1.29 is 19.5 Å². The van der Waals surface area contributed by atoms with Gasteiger partial charge in [0.05, 0.1) is 16.0 Å². The molecule has 0 spiro atoms. The van der Waals surface area contributed by atoms with Gasteiger partial charge in [0.1, 0.15) is 0 Å². The van der Waals surface area contributed by atoms with Gasteiger partial charge in [-0.2, -0.15) is 0 Å². The predicted molar refractivity (Wildman–Crippen MR) is 93.7 cm³/mol. The first-order valence-corrected chi connectivity index (χ1v) is 8.91. The minimum Gasteiger partial charge on any atom is -0.481 e. The number of anilines is 1. The Hall–Kier alpha value is -2.08. The van der Waals surface area contributed by atoms with Crippen molar-refractivity contribution >= 4 is 35.1 Å². The van der Waals surface area contributed by atoms with Crippen molar-refractivity contribution in [1.82, 2.24) is 5.32 Å². The lowest BCUT2D eigenvalue weighted by molar-refractivity contribution is -0.150. The van der Waals surface area contributed by atoms with E-state index < -0.39 is 11.4 Å². The fraction of sp³-hybridized carbons (Fsp3) is 0.500. The lowest BCUT2D eigenvalue weighted by Gasteiger charge is -2.22. The van der Waals surface area contributed by atoms with Gasteiger partial charge in [0.25, 0.3) is 5.91 Å². The maximum atomic E-state index is 12.3. The Kier molecular flexibility index (Phi) is 4.99. The van der Waals surface area contributed by atoms with Crippen LogP contribution in [0.1, 0.15) is 55.3 Å². The standard InChI is InChI=1S/C18H21ClN2O4/c19-14-9-12(5-6-13(14)16(23)21-11-3-4-11)20-15(22)10-18(17(24)25)7-1-2-8-18/h5-6,9,11H,1-4,7-8,10H2,(H,20,22)(H,21,23)(H,24,25). The molecule has 2 amide bonds. The van der Waals surface area contributed by atoms with Crippen molar-refractivity contribution in [3.05, 3.63) is 28.8 Å². The Balaban J connectivity index is 1.64. The van der Waals surface area contributed by atoms with Crippen LogP contribution in [0.15, 0.2) is 18.2 Å². The first kappa shape index (κ1) is 17.7. The first-order chi connectivity index (χ1) is 11.9. The van der Waals surface area contributed by atoms with E-state index in [0.29, 0.717) is 24.1 Å². The van der Waals surface area contributed by atoms with Crippen LogP contribution in [0.25, 0.3) is 0 Å². The number of carbonyl (C=O) groups is 3. The smallest absolute Gasteiger partial charge is 0.310 e. The van der Waals surface area contributed by atoms with Gasteiger partial charge in [-0.1, -0.05) is 24.4 Å². The van der Waals surface area contributed by atoms with E-state index in [-0.39, 0.29) is 29.3 Å². The molecule has 2 fully saturated rings. The van der Waals surface area contributed by atoms with Gasteiger partial charge in [-0.05, 0) is 43.9 Å². The zero-order chi connectivity index (χ0) is 18.0. The Morgan fingerprint density at radius 1 is 1.20 bits per heavy atom. The number of aliphatic carboxylic acids is 1. The highest BCUT2D eigenvalue weighted by atomic mass is 35.5. The zero-order valence-corrected chi connectivity index (χ0v) is 14.6. The van der Waals surface area contributed by atoms with E-state index in [1.165, 1.54) is 6.07 Å². The predicted octanol–water partition coefficient (Wildman–Crippen LogP) is 3.21. The highest BCUT2D eigenvalue weighted by Gasteiger charge is 2.43. The highest BCUT2D eigenvalue weighted by molar-refractivity contribution is 6.34. The lowest BCUT2D eigenvalue weighted by Crippen LogP contribution is -2.32. The third-order valence-electron chi connectivity index (χ3n) is 4.92. The van der Waals surface area contributed by atoms with Crippen LogP contribution in [0.3, 0.4) is 0 Å². The number of nitrogens with one attached hydrogen (secondary N) is 2. The summed E-state index contributed by atoms with van der Waals surface area (Å²) in [6.07, 6.45) is 4.63. The third-order valence-corrected chi connectivity index (χ3v) is 5.24. The summed E-state index contributed by atoms with van der Waals surface area (Å²) in [7, 11) is 0. The molecule has 1 aromatic rings. The Morgan fingerprint density at radius 3 is 2.44 bits per heavy atom. The van der Waals surface area contributed by atoms with Crippen LogP contribution in [-0.2, 0) is 9.59 Å². The quantitative estimate of drug-likeness (QED) is 0.722. The van der Waals surface area contributed by atoms with Crippen LogP contribution >= 0.6 is 11.6 Å². The number of hydrogen-bond donors (Lipinski definition) is 3. The molecule has 3 rings (SSSR count). The summed E-state index contributed by atoms with van der Waals surface area (Å²) < 4.78 is 0. The molecule has 0 unspecified atom stereocenters. The summed E-state index contributed by atoms with van der Waals surface area (Å²) in [6.45, 7) is 0. The summed E-state index contributed by atoms with van der Waals surface area (Å²) in [6, 6.07) is 4.93. The number of hydrogen-bond acceptors (Lipinski definition) is 3. The number of halogens is 1. The van der Waals surface area contributed by atoms with Crippen LogP contribution in [0.2, 0.25) is 5.02 Å². The van der Waals surface area contributed by atoms with Crippen molar-refractivity contribution in [3.8, 4) is 0 Å². The second-order valence-corrected chi connectivity index (χ2v) is 7.37. The minimum absolute atomic E-state index is 0.0517. The Morgan fingerprint density at radius 2 is 1.88 bits per heavy atom. The molecule has 2 aliphatic rings. The molecule has 0 heterocycles. The summed E-state index contributed by atoms with van der Waals surface area (Å²) in [5, 5.41) is 15.3. The van der Waals surface area contributed by atoms with E-state index in [9.17, 15) is 19.5 Å². The molecule has 25 heavy (non-hydrogen) atoms. The fourth-order valence-electron chi connectivity index (χ4n) is 3.30. The van der Waals surface area contributed by atoms with Crippen molar-refractivity contribution in [2.75, 3.05) is 5.32 Å². The Labute approximate surface area is 150 Å². The molecular formula is C18H21ClN2O4. The van der Waals surface area contributed by atoms with Gasteiger partial charge in [0.15, 0.2) is 0 Å². The number of carbonyl (C=O) groups excluding carboxylic acids is 2. The zero-order valence-electron chi connectivity index (χ0n) is 13.8. The number of benzene rings is 1. The number of rotatable bonds is 6. The normalized spacial score (nSPS) is 18.6. The monoisotopic (exact) mass is 364 g/mol. The number of amides is 2. The topological polar surface area (TPSA) is 95.5 Å². The average Bonchev–Trinajstić information content (AvgIpc) is 3.22. The second kappa shape index (κ2) is 7.04. The summed E-state index contributed by atoms with van der Waals surface area (Å²) >= 11 is 6.15. The van der Waals surface area contributed by atoms with Crippen LogP contribution in [0.5, 0.6) is 0 Å². The molecule has 0 saturated heterocycles. The lowest BCUT2D eigenvalue weighted by atomic mass is 9.82. The third kappa shape index (κ3) is 4.12. The summed E-state index contributed by atoms with van der Waals surface area (Å²) in [5.41, 5.74) is -0.140. The molecule has 7 heteroatoms. The molecular weight excluding hydrogens is 344 g/mol. The van der Waals surface area contributed by atoms with E-state index in [1.807, 2.05) is 0 Å². The van der Waals surface area contributed by atoms with Crippen molar-refractivity contribution in [2.24, 2.45) is 5.41 Å². The van der Waals surface area contributed by atoms with Crippen LogP contribution < -0.4 is 10.6 Å². The minimum atomic E-state index is -0.960. The second-order valence-electron chi connectivity index (χ2n) is 6.96. The SMILES string of the molecule is O=C(CC1(C(=O)O)CCCC1)Nc1ccc(C(=O)NC2CC2)c(Cl)c1. The van der Waals surface area contributed by atoms with Gasteiger partial charge in [-0.15, -0.1) is 0 Å². The van der Waals surface area contributed by atoms with Gasteiger partial charge in [0, 0.05) is 18.2 Å². The maximum absolute atomic E-state index is 12.3. The molecule has 134 valence electrons. The van der Waals surface area contributed by atoms with Crippen LogP contribution in [0, 0.1) is 5.41 Å². The average molecular weight is 365 g/mol. The molecule has 0 bridgehead atoms. The highest BCUT2D eigenvalue weighted by Crippen LogP contribution is 2.41. The molecule has 0 aromatic heterocycles. The first-order valence-electron chi connectivity index (χ1n) is 8.53. The van der Waals surface area contributed by atoms with E-state index in [4.69, 9.17) is 11.6 Å². The fourth-order valence-corrected chi connectivity index (χ4v) is 3.56. The Bertz CT molecular complexity index is 709. The summed E-state index contributed by atoms with van der Waals surface area (Å²) in [5.74, 6) is -1.48. The van der Waals surface area contributed by atoms with Crippen LogP contribution in [0.4, 0.5) is 5.69 Å². The molecule has 2 aliphatic carbocycles. The van der Waals surface area contributed by atoms with Crippen LogP contribution in [-0.4, -0.2) is 28.9 Å².